The lowest BCUT2D eigenvalue weighted by Gasteiger charge is -2.28. The van der Waals surface area contributed by atoms with Gasteiger partial charge in [-0.3, -0.25) is 10.1 Å². The fraction of sp³-hybridized carbons (Fsp3) is 0.222. The van der Waals surface area contributed by atoms with Gasteiger partial charge in [0.15, 0.2) is 5.75 Å². The Morgan fingerprint density at radius 3 is 2.83 bits per heavy atom. The fourth-order valence-electron chi connectivity index (χ4n) is 2.75. The number of urea groups is 1. The number of nitro groups is 1. The van der Waals surface area contributed by atoms with Gasteiger partial charge in [0.25, 0.3) is 0 Å². The first kappa shape index (κ1) is 20.3. The van der Waals surface area contributed by atoms with Gasteiger partial charge in [-0.1, -0.05) is 6.07 Å². The molecule has 2 amide bonds. The molecule has 0 radical (unpaired) electrons. The highest BCUT2D eigenvalue weighted by Crippen LogP contribution is 2.32. The van der Waals surface area contributed by atoms with Gasteiger partial charge in [-0.2, -0.15) is 0 Å². The molecule has 0 spiro atoms. The summed E-state index contributed by atoms with van der Waals surface area (Å²) in [4.78, 5) is 35.8. The second-order valence-corrected chi connectivity index (χ2v) is 6.80. The van der Waals surface area contributed by atoms with Crippen LogP contribution in [0.5, 0.6) is 5.75 Å². The molecule has 152 valence electrons. The molecule has 11 heteroatoms. The lowest BCUT2D eigenvalue weighted by atomic mass is 10.0. The topological polar surface area (TPSA) is 120 Å². The minimum Gasteiger partial charge on any atom is -0.480 e. The molecular weight excluding hydrogens is 405 g/mol. The molecule has 3 rings (SSSR count). The number of benzene rings is 1. The van der Waals surface area contributed by atoms with Crippen molar-refractivity contribution in [2.45, 2.75) is 13.0 Å². The Kier molecular flexibility index (Phi) is 6.07. The number of halogens is 1. The molecule has 29 heavy (non-hydrogen) atoms. The third-order valence-corrected chi connectivity index (χ3v) is 4.90. The first-order valence-electron chi connectivity index (χ1n) is 8.48. The van der Waals surface area contributed by atoms with Crippen LogP contribution in [0.15, 0.2) is 47.0 Å². The number of hydrogen-bond acceptors (Lipinski definition) is 7. The van der Waals surface area contributed by atoms with Crippen LogP contribution in [-0.2, 0) is 9.53 Å². The fourth-order valence-corrected chi connectivity index (χ4v) is 3.54. The number of thiophene rings is 1. The minimum atomic E-state index is -0.774. The van der Waals surface area contributed by atoms with Crippen LogP contribution >= 0.6 is 11.3 Å². The molecule has 1 aliphatic rings. The number of nitrogens with zero attached hydrogens (tertiary/aromatic N) is 1. The number of nitrogens with one attached hydrogen (secondary N) is 2. The zero-order chi connectivity index (χ0) is 21.0. The van der Waals surface area contributed by atoms with Gasteiger partial charge in [-0.15, -0.1) is 11.3 Å². The maximum atomic E-state index is 13.5. The Balaban J connectivity index is 1.98. The number of ether oxygens (including phenoxy) is 2. The number of carbonyl (C=O) groups is 2. The molecule has 2 aromatic rings. The van der Waals surface area contributed by atoms with Crippen LogP contribution in [0.4, 0.5) is 14.9 Å². The molecule has 0 unspecified atom stereocenters. The van der Waals surface area contributed by atoms with Gasteiger partial charge in [0, 0.05) is 17.0 Å². The van der Waals surface area contributed by atoms with Crippen molar-refractivity contribution in [3.05, 3.63) is 67.8 Å². The van der Waals surface area contributed by atoms with E-state index in [0.717, 1.165) is 18.2 Å². The van der Waals surface area contributed by atoms with Crippen LogP contribution in [0.25, 0.3) is 0 Å². The number of hydrogen-bond donors (Lipinski definition) is 2. The Hall–Kier alpha value is -3.47. The van der Waals surface area contributed by atoms with E-state index in [0.29, 0.717) is 4.88 Å². The zero-order valence-corrected chi connectivity index (χ0v) is 16.0. The molecule has 0 saturated carbocycles. The number of esters is 1. The molecule has 0 fully saturated rings. The van der Waals surface area contributed by atoms with Gasteiger partial charge < -0.3 is 20.1 Å². The summed E-state index contributed by atoms with van der Waals surface area (Å²) in [6, 6.07) is 4.93. The Labute approximate surface area is 168 Å². The molecule has 0 aliphatic carbocycles. The summed E-state index contributed by atoms with van der Waals surface area (Å²) in [6.07, 6.45) is 0. The first-order chi connectivity index (χ1) is 13.9. The maximum Gasteiger partial charge on any atom is 0.338 e. The van der Waals surface area contributed by atoms with Crippen molar-refractivity contribution in [3.63, 3.8) is 0 Å². The molecule has 1 aromatic carbocycles. The summed E-state index contributed by atoms with van der Waals surface area (Å²) in [5.41, 5.74) is -0.267. The third-order valence-electron chi connectivity index (χ3n) is 3.97. The van der Waals surface area contributed by atoms with Crippen molar-refractivity contribution < 1.29 is 28.4 Å². The van der Waals surface area contributed by atoms with Gasteiger partial charge in [0.1, 0.15) is 12.4 Å². The maximum absolute atomic E-state index is 13.5. The molecule has 1 aliphatic heterocycles. The predicted octanol–water partition coefficient (Wildman–Crippen LogP) is 3.05. The minimum absolute atomic E-state index is 0.0733. The van der Waals surface area contributed by atoms with Crippen molar-refractivity contribution in [2.75, 3.05) is 13.2 Å². The summed E-state index contributed by atoms with van der Waals surface area (Å²) in [5.74, 6) is -1.73. The van der Waals surface area contributed by atoms with Crippen molar-refractivity contribution in [1.29, 1.82) is 0 Å². The van der Waals surface area contributed by atoms with Gasteiger partial charge in [-0.05, 0) is 24.4 Å². The van der Waals surface area contributed by atoms with Crippen molar-refractivity contribution >= 4 is 29.0 Å². The van der Waals surface area contributed by atoms with Crippen LogP contribution in [0.3, 0.4) is 0 Å². The summed E-state index contributed by atoms with van der Waals surface area (Å²) < 4.78 is 24.0. The molecule has 2 N–H and O–H groups in total. The summed E-state index contributed by atoms with van der Waals surface area (Å²) in [6.45, 7) is 1.34. The normalized spacial score (nSPS) is 16.1. The van der Waals surface area contributed by atoms with Gasteiger partial charge in [0.05, 0.1) is 28.8 Å². The van der Waals surface area contributed by atoms with Gasteiger partial charge >= 0.3 is 17.7 Å². The van der Waals surface area contributed by atoms with E-state index in [1.165, 1.54) is 11.3 Å². The standard InChI is InChI=1S/C18H16FN3O6S/c1-2-27-17(23)15-11(20-18(24)21-16(15)14-4-3-7-29-14)9-28-13-8-10(19)5-6-12(13)22(25)26/h3-8,16H,2,9H2,1H3,(H2,20,21,24)/t16-/m0/s1. The Morgan fingerprint density at radius 1 is 1.38 bits per heavy atom. The summed E-state index contributed by atoms with van der Waals surface area (Å²) in [7, 11) is 0. The van der Waals surface area contributed by atoms with Crippen LogP contribution < -0.4 is 15.4 Å². The van der Waals surface area contributed by atoms with E-state index in [9.17, 15) is 24.1 Å². The highest BCUT2D eigenvalue weighted by Gasteiger charge is 2.34. The number of nitro benzene ring substituents is 1. The monoisotopic (exact) mass is 421 g/mol. The smallest absolute Gasteiger partial charge is 0.338 e. The highest BCUT2D eigenvalue weighted by molar-refractivity contribution is 7.10. The molecular formula is C18H16FN3O6S. The average Bonchev–Trinajstić information content (AvgIpc) is 3.20. The largest absolute Gasteiger partial charge is 0.480 e. The van der Waals surface area contributed by atoms with E-state index in [2.05, 4.69) is 10.6 Å². The van der Waals surface area contributed by atoms with Crippen LogP contribution in [0.2, 0.25) is 0 Å². The van der Waals surface area contributed by atoms with Crippen molar-refractivity contribution in [3.8, 4) is 5.75 Å². The first-order valence-corrected chi connectivity index (χ1v) is 9.36. The molecule has 9 nitrogen and oxygen atoms in total. The van der Waals surface area contributed by atoms with E-state index in [1.807, 2.05) is 0 Å². The summed E-state index contributed by atoms with van der Waals surface area (Å²) in [5, 5.41) is 18.1. The predicted molar refractivity (Wildman–Crippen MR) is 101 cm³/mol. The Morgan fingerprint density at radius 2 is 2.17 bits per heavy atom. The average molecular weight is 421 g/mol. The van der Waals surface area contributed by atoms with E-state index in [4.69, 9.17) is 9.47 Å². The molecule has 1 aromatic heterocycles. The van der Waals surface area contributed by atoms with Crippen LogP contribution in [0, 0.1) is 15.9 Å². The second-order valence-electron chi connectivity index (χ2n) is 5.82. The van der Waals surface area contributed by atoms with Gasteiger partial charge in [-0.25, -0.2) is 14.0 Å². The quantitative estimate of drug-likeness (QED) is 0.403. The lowest BCUT2D eigenvalue weighted by Crippen LogP contribution is -2.47. The zero-order valence-electron chi connectivity index (χ0n) is 15.1. The number of carbonyl (C=O) groups excluding carboxylic acids is 2. The number of rotatable bonds is 7. The van der Waals surface area contributed by atoms with E-state index in [1.54, 1.807) is 24.4 Å². The molecule has 2 heterocycles. The third kappa shape index (κ3) is 4.51. The lowest BCUT2D eigenvalue weighted by molar-refractivity contribution is -0.385. The SMILES string of the molecule is CCOC(=O)C1=C(COc2cc(F)ccc2[N+](=O)[O-])NC(=O)N[C@H]1c1cccs1. The Bertz CT molecular complexity index is 976. The molecule has 1 atom stereocenters. The highest BCUT2D eigenvalue weighted by atomic mass is 32.1. The second kappa shape index (κ2) is 8.69. The van der Waals surface area contributed by atoms with E-state index < -0.39 is 41.1 Å². The molecule has 0 saturated heterocycles. The van der Waals surface area contributed by atoms with E-state index >= 15 is 0 Å². The van der Waals surface area contributed by atoms with Crippen LogP contribution in [-0.4, -0.2) is 30.1 Å². The molecule has 0 bridgehead atoms. The summed E-state index contributed by atoms with van der Waals surface area (Å²) >= 11 is 1.33. The van der Waals surface area contributed by atoms with Crippen molar-refractivity contribution in [1.82, 2.24) is 10.6 Å². The van der Waals surface area contributed by atoms with Crippen molar-refractivity contribution in [2.24, 2.45) is 0 Å². The van der Waals surface area contributed by atoms with E-state index in [-0.39, 0.29) is 23.6 Å². The van der Waals surface area contributed by atoms with Crippen LogP contribution in [0.1, 0.15) is 17.8 Å². The van der Waals surface area contributed by atoms with Gasteiger partial charge in [0.2, 0.25) is 0 Å². The number of amides is 2.